The Hall–Kier alpha value is -1.71. The maximum Gasteiger partial charge on any atom is 0.340 e. The van der Waals surface area contributed by atoms with Crippen molar-refractivity contribution in [2.24, 2.45) is 10.2 Å². The second kappa shape index (κ2) is 3.95. The molecule has 1 aromatic carbocycles. The SMILES string of the molecule is CC1(C)C[C@](C)(OC(=O)c2ccccc2)N=N1. The van der Waals surface area contributed by atoms with Gasteiger partial charge < -0.3 is 4.74 Å². The Labute approximate surface area is 101 Å². The summed E-state index contributed by atoms with van der Waals surface area (Å²) < 4.78 is 5.42. The van der Waals surface area contributed by atoms with Gasteiger partial charge in [0.15, 0.2) is 0 Å². The van der Waals surface area contributed by atoms with Crippen molar-refractivity contribution in [2.45, 2.75) is 38.5 Å². The summed E-state index contributed by atoms with van der Waals surface area (Å²) in [6.07, 6.45) is 0.610. The van der Waals surface area contributed by atoms with Crippen molar-refractivity contribution >= 4 is 5.97 Å². The van der Waals surface area contributed by atoms with Crippen LogP contribution in [0, 0.1) is 0 Å². The summed E-state index contributed by atoms with van der Waals surface area (Å²) in [6, 6.07) is 8.92. The third-order valence-corrected chi connectivity index (χ3v) is 2.61. The molecule has 0 saturated carbocycles. The van der Waals surface area contributed by atoms with Gasteiger partial charge in [-0.15, -0.1) is 5.11 Å². The van der Waals surface area contributed by atoms with Crippen molar-refractivity contribution in [3.05, 3.63) is 35.9 Å². The molecule has 0 aromatic heterocycles. The van der Waals surface area contributed by atoms with Gasteiger partial charge in [-0.3, -0.25) is 0 Å². The topological polar surface area (TPSA) is 51.0 Å². The fourth-order valence-corrected chi connectivity index (χ4v) is 2.00. The van der Waals surface area contributed by atoms with Gasteiger partial charge in [-0.2, -0.15) is 5.11 Å². The molecule has 1 aromatic rings. The lowest BCUT2D eigenvalue weighted by molar-refractivity contribution is -0.00783. The largest absolute Gasteiger partial charge is 0.432 e. The molecule has 0 bridgehead atoms. The zero-order chi connectivity index (χ0) is 12.5. The van der Waals surface area contributed by atoms with Crippen LogP contribution >= 0.6 is 0 Å². The van der Waals surface area contributed by atoms with Crippen molar-refractivity contribution in [2.75, 3.05) is 0 Å². The number of benzene rings is 1. The summed E-state index contributed by atoms with van der Waals surface area (Å²) in [7, 11) is 0. The fraction of sp³-hybridized carbons (Fsp3) is 0.462. The minimum Gasteiger partial charge on any atom is -0.432 e. The van der Waals surface area contributed by atoms with Crippen LogP contribution in [-0.2, 0) is 4.74 Å². The molecule has 0 radical (unpaired) electrons. The highest BCUT2D eigenvalue weighted by Gasteiger charge is 2.41. The lowest BCUT2D eigenvalue weighted by Gasteiger charge is -2.22. The molecule has 4 nitrogen and oxygen atoms in total. The van der Waals surface area contributed by atoms with E-state index in [4.69, 9.17) is 4.74 Å². The van der Waals surface area contributed by atoms with E-state index in [1.54, 1.807) is 31.2 Å². The Balaban J connectivity index is 2.08. The van der Waals surface area contributed by atoms with Crippen molar-refractivity contribution < 1.29 is 9.53 Å². The molecule has 90 valence electrons. The first kappa shape index (κ1) is 11.8. The van der Waals surface area contributed by atoms with Crippen molar-refractivity contribution in [1.82, 2.24) is 0 Å². The summed E-state index contributed by atoms with van der Waals surface area (Å²) in [5, 5.41) is 8.18. The highest BCUT2D eigenvalue weighted by Crippen LogP contribution is 2.35. The van der Waals surface area contributed by atoms with E-state index in [0.717, 1.165) is 0 Å². The summed E-state index contributed by atoms with van der Waals surface area (Å²) in [5.41, 5.74) is -0.559. The monoisotopic (exact) mass is 232 g/mol. The first-order chi connectivity index (χ1) is 7.90. The Bertz CT molecular complexity index is 454. The van der Waals surface area contributed by atoms with Crippen molar-refractivity contribution in [3.63, 3.8) is 0 Å². The Morgan fingerprint density at radius 1 is 1.18 bits per heavy atom. The first-order valence-electron chi connectivity index (χ1n) is 5.63. The fourth-order valence-electron chi connectivity index (χ4n) is 2.00. The number of azo groups is 1. The van der Waals surface area contributed by atoms with Gasteiger partial charge >= 0.3 is 5.97 Å². The lowest BCUT2D eigenvalue weighted by Crippen LogP contribution is -2.31. The van der Waals surface area contributed by atoms with E-state index in [0.29, 0.717) is 12.0 Å². The van der Waals surface area contributed by atoms with E-state index < -0.39 is 5.72 Å². The van der Waals surface area contributed by atoms with E-state index in [9.17, 15) is 4.79 Å². The van der Waals surface area contributed by atoms with Crippen LogP contribution in [0.5, 0.6) is 0 Å². The highest BCUT2D eigenvalue weighted by molar-refractivity contribution is 5.89. The number of nitrogens with zero attached hydrogens (tertiary/aromatic N) is 2. The van der Waals surface area contributed by atoms with Crippen LogP contribution in [0.15, 0.2) is 40.6 Å². The number of carbonyl (C=O) groups is 1. The maximum atomic E-state index is 11.9. The second-order valence-corrected chi connectivity index (χ2v) is 5.12. The Morgan fingerprint density at radius 3 is 2.35 bits per heavy atom. The summed E-state index contributed by atoms with van der Waals surface area (Å²) in [5.74, 6) is -0.357. The van der Waals surface area contributed by atoms with Gasteiger partial charge in [0.1, 0.15) is 0 Å². The maximum absolute atomic E-state index is 11.9. The smallest absolute Gasteiger partial charge is 0.340 e. The predicted octanol–water partition coefficient (Wildman–Crippen LogP) is 3.19. The molecule has 0 amide bonds. The van der Waals surface area contributed by atoms with E-state index in [-0.39, 0.29) is 11.5 Å². The molecule has 0 saturated heterocycles. The van der Waals surface area contributed by atoms with Crippen LogP contribution in [-0.4, -0.2) is 17.2 Å². The summed E-state index contributed by atoms with van der Waals surface area (Å²) >= 11 is 0. The predicted molar refractivity (Wildman–Crippen MR) is 63.8 cm³/mol. The minimum atomic E-state index is -0.837. The van der Waals surface area contributed by atoms with E-state index in [1.165, 1.54) is 0 Å². The standard InChI is InChI=1S/C13H16N2O2/c1-12(2)9-13(3,15-14-12)17-11(16)10-7-5-4-6-8-10/h4-8H,9H2,1-3H3/t13-/m0/s1. The molecule has 0 spiro atoms. The molecule has 1 aliphatic rings. The number of esters is 1. The number of ether oxygens (including phenoxy) is 1. The molecule has 0 aliphatic carbocycles. The van der Waals surface area contributed by atoms with Gasteiger partial charge in [-0.05, 0) is 32.9 Å². The third kappa shape index (κ3) is 2.70. The molecule has 1 heterocycles. The lowest BCUT2D eigenvalue weighted by atomic mass is 9.97. The van der Waals surface area contributed by atoms with Gasteiger partial charge in [0.25, 0.3) is 0 Å². The Kier molecular flexibility index (Phi) is 2.73. The number of hydrogen-bond donors (Lipinski definition) is 0. The van der Waals surface area contributed by atoms with Crippen molar-refractivity contribution in [3.8, 4) is 0 Å². The molecule has 0 N–H and O–H groups in total. The van der Waals surface area contributed by atoms with Crippen LogP contribution in [0.2, 0.25) is 0 Å². The summed E-state index contributed by atoms with van der Waals surface area (Å²) in [6.45, 7) is 5.72. The zero-order valence-corrected chi connectivity index (χ0v) is 10.3. The first-order valence-corrected chi connectivity index (χ1v) is 5.63. The van der Waals surface area contributed by atoms with Crippen molar-refractivity contribution in [1.29, 1.82) is 0 Å². The molecule has 1 aliphatic heterocycles. The van der Waals surface area contributed by atoms with Crippen LogP contribution in [0.4, 0.5) is 0 Å². The number of carbonyl (C=O) groups excluding carboxylic acids is 1. The molecule has 17 heavy (non-hydrogen) atoms. The van der Waals surface area contributed by atoms with Gasteiger partial charge in [0.05, 0.1) is 11.1 Å². The normalized spacial score (nSPS) is 25.8. The molecular formula is C13H16N2O2. The third-order valence-electron chi connectivity index (χ3n) is 2.61. The quantitative estimate of drug-likeness (QED) is 0.735. The van der Waals surface area contributed by atoms with Gasteiger partial charge in [-0.25, -0.2) is 4.79 Å². The highest BCUT2D eigenvalue weighted by atomic mass is 16.6. The van der Waals surface area contributed by atoms with Gasteiger partial charge in [0.2, 0.25) is 5.72 Å². The molecule has 0 unspecified atom stereocenters. The zero-order valence-electron chi connectivity index (χ0n) is 10.3. The molecule has 1 atom stereocenters. The summed E-state index contributed by atoms with van der Waals surface area (Å²) in [4.78, 5) is 11.9. The van der Waals surface area contributed by atoms with Crippen LogP contribution < -0.4 is 0 Å². The van der Waals surface area contributed by atoms with Crippen LogP contribution in [0.1, 0.15) is 37.6 Å². The number of rotatable bonds is 2. The van der Waals surface area contributed by atoms with E-state index in [2.05, 4.69) is 10.2 Å². The molecule has 4 heteroatoms. The van der Waals surface area contributed by atoms with E-state index >= 15 is 0 Å². The average molecular weight is 232 g/mol. The van der Waals surface area contributed by atoms with E-state index in [1.807, 2.05) is 19.9 Å². The van der Waals surface area contributed by atoms with Gasteiger partial charge in [0, 0.05) is 6.42 Å². The molecular weight excluding hydrogens is 216 g/mol. The Morgan fingerprint density at radius 2 is 1.82 bits per heavy atom. The second-order valence-electron chi connectivity index (χ2n) is 5.12. The van der Waals surface area contributed by atoms with Crippen LogP contribution in [0.25, 0.3) is 0 Å². The van der Waals surface area contributed by atoms with Crippen LogP contribution in [0.3, 0.4) is 0 Å². The molecule has 2 rings (SSSR count). The minimum absolute atomic E-state index is 0.258. The number of hydrogen-bond acceptors (Lipinski definition) is 4. The van der Waals surface area contributed by atoms with Gasteiger partial charge in [-0.1, -0.05) is 18.2 Å². The molecule has 0 fully saturated rings. The average Bonchev–Trinajstić information content (AvgIpc) is 2.54.